The molecule has 0 bridgehead atoms. The van der Waals surface area contributed by atoms with Crippen LogP contribution in [-0.4, -0.2) is 33.2 Å². The van der Waals surface area contributed by atoms with E-state index in [4.69, 9.17) is 10.2 Å². The Hall–Kier alpha value is -3.15. The van der Waals surface area contributed by atoms with E-state index in [9.17, 15) is 19.5 Å². The maximum atomic E-state index is 11.4. The molecule has 0 saturated carbocycles. The van der Waals surface area contributed by atoms with E-state index in [1.165, 1.54) is 70.6 Å². The first-order valence-electron chi connectivity index (χ1n) is 22.0. The summed E-state index contributed by atoms with van der Waals surface area (Å²) in [5, 5.41) is 27.3. The van der Waals surface area contributed by atoms with E-state index in [-0.39, 0.29) is 17.8 Å². The minimum atomic E-state index is -0.668. The molecule has 0 radical (unpaired) electrons. The molecule has 3 N–H and O–H groups in total. The van der Waals surface area contributed by atoms with Crippen LogP contribution in [0.25, 0.3) is 0 Å². The first-order valence-corrected chi connectivity index (χ1v) is 22.0. The second-order valence-corrected chi connectivity index (χ2v) is 15.0. The van der Waals surface area contributed by atoms with Gasteiger partial charge in [0.05, 0.1) is 17.8 Å². The lowest BCUT2D eigenvalue weighted by Gasteiger charge is -2.12. The van der Waals surface area contributed by atoms with Gasteiger partial charge in [-0.3, -0.25) is 14.4 Å². The van der Waals surface area contributed by atoms with Gasteiger partial charge >= 0.3 is 17.9 Å². The van der Waals surface area contributed by atoms with Crippen molar-refractivity contribution in [1.82, 2.24) is 0 Å². The molecule has 0 spiro atoms. The molecule has 0 rings (SSSR count). The molecule has 6 nitrogen and oxygen atoms in total. The molecule has 0 amide bonds. The van der Waals surface area contributed by atoms with E-state index in [1.54, 1.807) is 0 Å². The molecule has 55 heavy (non-hydrogen) atoms. The van der Waals surface area contributed by atoms with Gasteiger partial charge in [-0.25, -0.2) is 0 Å². The zero-order valence-electron chi connectivity index (χ0n) is 35.4. The van der Waals surface area contributed by atoms with E-state index < -0.39 is 17.9 Å². The van der Waals surface area contributed by atoms with Gasteiger partial charge in [-0.1, -0.05) is 120 Å². The zero-order chi connectivity index (χ0) is 41.6. The van der Waals surface area contributed by atoms with E-state index in [0.29, 0.717) is 0 Å². The third kappa shape index (κ3) is 45.1. The number of carbonyl (C=O) groups is 3. The summed E-state index contributed by atoms with van der Waals surface area (Å²) in [5.74, 6) is -2.36. The second-order valence-electron chi connectivity index (χ2n) is 15.0. The molecule has 1 atom stereocenters. The van der Waals surface area contributed by atoms with E-state index in [2.05, 4.69) is 39.5 Å². The SMILES string of the molecule is C=CCCCC(CCCC=C)C(=O)O.C=CCCCCC(CCCCC=C)C(=O)O.C=CCCCCCCCCCC(CCCCCCCCC=C)C(=O)O. The van der Waals surface area contributed by atoms with Gasteiger partial charge < -0.3 is 15.3 Å². The van der Waals surface area contributed by atoms with Crippen molar-refractivity contribution in [3.63, 3.8) is 0 Å². The van der Waals surface area contributed by atoms with Gasteiger partial charge in [-0.15, -0.1) is 39.5 Å². The van der Waals surface area contributed by atoms with Gasteiger partial charge in [0.25, 0.3) is 0 Å². The Bertz CT molecular complexity index is 923. The van der Waals surface area contributed by atoms with Crippen LogP contribution in [0.1, 0.15) is 199 Å². The number of aliphatic carboxylic acids is 3. The first kappa shape index (κ1) is 56.2. The van der Waals surface area contributed by atoms with E-state index >= 15 is 0 Å². The van der Waals surface area contributed by atoms with Crippen molar-refractivity contribution < 1.29 is 29.7 Å². The van der Waals surface area contributed by atoms with Crippen molar-refractivity contribution >= 4 is 17.9 Å². The first-order chi connectivity index (χ1) is 26.7. The lowest BCUT2D eigenvalue weighted by Crippen LogP contribution is -2.13. The van der Waals surface area contributed by atoms with Crippen LogP contribution in [-0.2, 0) is 14.4 Å². The molecule has 0 aliphatic carbocycles. The Morgan fingerprint density at radius 2 is 0.455 bits per heavy atom. The summed E-state index contributed by atoms with van der Waals surface area (Å²) < 4.78 is 0. The highest BCUT2D eigenvalue weighted by molar-refractivity contribution is 5.70. The van der Waals surface area contributed by atoms with Crippen LogP contribution in [0.2, 0.25) is 0 Å². The van der Waals surface area contributed by atoms with Gasteiger partial charge in [0.15, 0.2) is 0 Å². The van der Waals surface area contributed by atoms with Crippen LogP contribution >= 0.6 is 0 Å². The third-order valence-electron chi connectivity index (χ3n) is 10.1. The summed E-state index contributed by atoms with van der Waals surface area (Å²) in [6.07, 6.45) is 44.3. The number of hydrogen-bond donors (Lipinski definition) is 3. The van der Waals surface area contributed by atoms with Crippen molar-refractivity contribution in [2.45, 2.75) is 199 Å². The van der Waals surface area contributed by atoms with E-state index in [0.717, 1.165) is 128 Å². The van der Waals surface area contributed by atoms with Gasteiger partial charge in [-0.2, -0.15) is 0 Å². The van der Waals surface area contributed by atoms with Crippen LogP contribution in [0.15, 0.2) is 75.9 Å². The molecule has 0 aromatic carbocycles. The molecule has 0 aromatic rings. The zero-order valence-corrected chi connectivity index (χ0v) is 35.4. The van der Waals surface area contributed by atoms with Crippen molar-refractivity contribution in [2.24, 2.45) is 17.8 Å². The van der Waals surface area contributed by atoms with Crippen LogP contribution in [0.4, 0.5) is 0 Å². The minimum absolute atomic E-state index is 0.117. The fourth-order valence-corrected chi connectivity index (χ4v) is 6.50. The van der Waals surface area contributed by atoms with Crippen LogP contribution in [0.5, 0.6) is 0 Å². The number of carboxylic acids is 3. The molecule has 0 heterocycles. The molecule has 1 unspecified atom stereocenters. The Morgan fingerprint density at radius 1 is 0.291 bits per heavy atom. The molecule has 6 heteroatoms. The lowest BCUT2D eigenvalue weighted by molar-refractivity contribution is -0.143. The summed E-state index contributed by atoms with van der Waals surface area (Å²) in [5.41, 5.74) is 0. The Kier molecular flexibility index (Phi) is 48.0. The Morgan fingerprint density at radius 3 is 0.691 bits per heavy atom. The van der Waals surface area contributed by atoms with E-state index in [1.807, 2.05) is 36.5 Å². The quantitative estimate of drug-likeness (QED) is 0.0422. The Balaban J connectivity index is -0.000000781. The van der Waals surface area contributed by atoms with Crippen LogP contribution < -0.4 is 0 Å². The Labute approximate surface area is 339 Å². The predicted octanol–water partition coefficient (Wildman–Crippen LogP) is 15.3. The average molecular weight is 771 g/mol. The molecule has 0 saturated heterocycles. The number of unbranched alkanes of at least 4 members (excludes halogenated alkanes) is 19. The summed E-state index contributed by atoms with van der Waals surface area (Å²) in [7, 11) is 0. The molecule has 0 aromatic heterocycles. The molecule has 318 valence electrons. The fourth-order valence-electron chi connectivity index (χ4n) is 6.50. The van der Waals surface area contributed by atoms with Gasteiger partial charge in [0.1, 0.15) is 0 Å². The number of carboxylic acid groups (broad SMARTS) is 3. The van der Waals surface area contributed by atoms with Crippen molar-refractivity contribution in [1.29, 1.82) is 0 Å². The highest BCUT2D eigenvalue weighted by Crippen LogP contribution is 2.21. The fraction of sp³-hybridized carbons (Fsp3) is 0.694. The second kappa shape index (κ2) is 47.0. The highest BCUT2D eigenvalue weighted by atomic mass is 16.4. The van der Waals surface area contributed by atoms with Crippen molar-refractivity contribution in [3.05, 3.63) is 75.9 Å². The standard InChI is InChI=1S/C23H42O2.C14H24O2.C12H20O2/c1-3-5-7-9-11-13-15-17-19-21-22(23(24)25)20-18-16-14-12-10-8-6-4-2;1-3-5-7-9-11-13(14(15)16)12-10-8-6-4-2;1-3-5-7-9-11(12(13)14)10-8-6-4-2/h3-4,22H,1-2,5-21H2,(H,24,25);3-4,13H,1-2,5-12H2,(H,15,16);3-4,11H,1-2,5-10H2,(H,13,14). The molecule has 0 fully saturated rings. The number of rotatable bonds is 40. The summed E-state index contributed by atoms with van der Waals surface area (Å²) in [6.45, 7) is 22.0. The lowest BCUT2D eigenvalue weighted by atomic mass is 9.94. The summed E-state index contributed by atoms with van der Waals surface area (Å²) >= 11 is 0. The molecule has 0 aliphatic rings. The predicted molar refractivity (Wildman–Crippen MR) is 238 cm³/mol. The molecule has 0 aliphatic heterocycles. The largest absolute Gasteiger partial charge is 0.481 e. The number of hydrogen-bond acceptors (Lipinski definition) is 3. The third-order valence-corrected chi connectivity index (χ3v) is 10.1. The maximum Gasteiger partial charge on any atom is 0.306 e. The van der Waals surface area contributed by atoms with Crippen LogP contribution in [0, 0.1) is 17.8 Å². The normalized spacial score (nSPS) is 11.0. The van der Waals surface area contributed by atoms with Gasteiger partial charge in [-0.05, 0) is 116 Å². The van der Waals surface area contributed by atoms with Crippen molar-refractivity contribution in [3.8, 4) is 0 Å². The van der Waals surface area contributed by atoms with Gasteiger partial charge in [0.2, 0.25) is 0 Å². The minimum Gasteiger partial charge on any atom is -0.481 e. The maximum absolute atomic E-state index is 11.4. The molecular formula is C49H86O6. The monoisotopic (exact) mass is 771 g/mol. The average Bonchev–Trinajstić information content (AvgIpc) is 3.16. The van der Waals surface area contributed by atoms with Crippen molar-refractivity contribution in [2.75, 3.05) is 0 Å². The molecular weight excluding hydrogens is 685 g/mol. The highest BCUT2D eigenvalue weighted by Gasteiger charge is 2.17. The van der Waals surface area contributed by atoms with Crippen LogP contribution in [0.3, 0.4) is 0 Å². The smallest absolute Gasteiger partial charge is 0.306 e. The topological polar surface area (TPSA) is 112 Å². The van der Waals surface area contributed by atoms with Gasteiger partial charge in [0, 0.05) is 0 Å². The summed E-state index contributed by atoms with van der Waals surface area (Å²) in [6, 6.07) is 0. The number of allylic oxidation sites excluding steroid dienone is 6. The summed E-state index contributed by atoms with van der Waals surface area (Å²) in [4.78, 5) is 33.2.